The van der Waals surface area contributed by atoms with Gasteiger partial charge in [0.2, 0.25) is 0 Å². The predicted octanol–water partition coefficient (Wildman–Crippen LogP) is 2.97. The quantitative estimate of drug-likeness (QED) is 0.898. The number of rotatable bonds is 2. The van der Waals surface area contributed by atoms with Crippen molar-refractivity contribution < 1.29 is 0 Å². The van der Waals surface area contributed by atoms with Crippen LogP contribution in [0, 0.1) is 0 Å². The maximum atomic E-state index is 4.88. The summed E-state index contributed by atoms with van der Waals surface area (Å²) in [5.74, 6) is 1.22. The second-order valence-electron chi connectivity index (χ2n) is 5.77. The van der Waals surface area contributed by atoms with Crippen molar-refractivity contribution in [2.45, 2.75) is 50.6 Å². The average Bonchev–Trinajstić information content (AvgIpc) is 3.24. The molecule has 0 bridgehead atoms. The molecule has 2 aliphatic rings. The minimum atomic E-state index is 0.414. The molecule has 4 heteroatoms. The molecule has 2 aromatic heterocycles. The van der Waals surface area contributed by atoms with Crippen LogP contribution >= 0.6 is 0 Å². The van der Waals surface area contributed by atoms with Crippen LogP contribution in [-0.4, -0.2) is 21.1 Å². The lowest BCUT2D eigenvalue weighted by molar-refractivity contribution is 0.483. The lowest BCUT2D eigenvalue weighted by Gasteiger charge is -2.17. The van der Waals surface area contributed by atoms with Gasteiger partial charge < -0.3 is 9.88 Å². The van der Waals surface area contributed by atoms with Crippen LogP contribution in [0.4, 0.5) is 0 Å². The van der Waals surface area contributed by atoms with Gasteiger partial charge in [-0.15, -0.1) is 0 Å². The van der Waals surface area contributed by atoms with E-state index >= 15 is 0 Å². The van der Waals surface area contributed by atoms with Crippen LogP contribution in [0.3, 0.4) is 0 Å². The van der Waals surface area contributed by atoms with Gasteiger partial charge in [0.1, 0.15) is 11.3 Å². The zero-order valence-electron chi connectivity index (χ0n) is 11.2. The molecule has 0 aromatic carbocycles. The van der Waals surface area contributed by atoms with Crippen LogP contribution < -0.4 is 5.32 Å². The Kier molecular flexibility index (Phi) is 2.76. The first-order chi connectivity index (χ1) is 9.43. The minimum Gasteiger partial charge on any atom is -0.308 e. The van der Waals surface area contributed by atoms with E-state index in [2.05, 4.69) is 20.9 Å². The van der Waals surface area contributed by atoms with Gasteiger partial charge in [-0.1, -0.05) is 12.8 Å². The molecule has 1 aliphatic carbocycles. The van der Waals surface area contributed by atoms with Crippen molar-refractivity contribution >= 4 is 11.2 Å². The number of pyridine rings is 1. The van der Waals surface area contributed by atoms with Crippen molar-refractivity contribution in [2.75, 3.05) is 6.54 Å². The van der Waals surface area contributed by atoms with Crippen molar-refractivity contribution in [3.05, 3.63) is 24.2 Å². The van der Waals surface area contributed by atoms with Gasteiger partial charge in [0, 0.05) is 12.2 Å². The molecule has 4 nitrogen and oxygen atoms in total. The Morgan fingerprint density at radius 2 is 2.11 bits per heavy atom. The highest BCUT2D eigenvalue weighted by molar-refractivity contribution is 5.71. The second-order valence-corrected chi connectivity index (χ2v) is 5.77. The highest BCUT2D eigenvalue weighted by Crippen LogP contribution is 2.40. The molecule has 1 saturated heterocycles. The summed E-state index contributed by atoms with van der Waals surface area (Å²) >= 11 is 0. The normalized spacial score (nSPS) is 24.5. The largest absolute Gasteiger partial charge is 0.308 e. The monoisotopic (exact) mass is 256 g/mol. The first-order valence-electron chi connectivity index (χ1n) is 7.50. The maximum absolute atomic E-state index is 4.88. The SMILES string of the molecule is c1cnc2c(c1)nc(C1CCCCCN1)n2C1CC1. The lowest BCUT2D eigenvalue weighted by atomic mass is 10.1. The summed E-state index contributed by atoms with van der Waals surface area (Å²) in [6, 6.07) is 5.12. The molecule has 19 heavy (non-hydrogen) atoms. The number of aromatic nitrogens is 3. The Morgan fingerprint density at radius 3 is 3.00 bits per heavy atom. The fraction of sp³-hybridized carbons (Fsp3) is 0.600. The van der Waals surface area contributed by atoms with E-state index in [0.717, 1.165) is 17.7 Å². The highest BCUT2D eigenvalue weighted by atomic mass is 15.2. The van der Waals surface area contributed by atoms with E-state index in [9.17, 15) is 0 Å². The smallest absolute Gasteiger partial charge is 0.160 e. The van der Waals surface area contributed by atoms with E-state index in [4.69, 9.17) is 4.98 Å². The predicted molar refractivity (Wildman–Crippen MR) is 75.0 cm³/mol. The Morgan fingerprint density at radius 1 is 1.16 bits per heavy atom. The third-order valence-corrected chi connectivity index (χ3v) is 4.26. The van der Waals surface area contributed by atoms with Crippen LogP contribution in [0.2, 0.25) is 0 Å². The second kappa shape index (κ2) is 4.60. The van der Waals surface area contributed by atoms with E-state index in [-0.39, 0.29) is 0 Å². The maximum Gasteiger partial charge on any atom is 0.160 e. The van der Waals surface area contributed by atoms with E-state index in [1.165, 1.54) is 44.3 Å². The van der Waals surface area contributed by atoms with Gasteiger partial charge in [0.15, 0.2) is 5.65 Å². The number of hydrogen-bond acceptors (Lipinski definition) is 3. The zero-order chi connectivity index (χ0) is 12.7. The first kappa shape index (κ1) is 11.4. The summed E-state index contributed by atoms with van der Waals surface area (Å²) in [5.41, 5.74) is 2.13. The van der Waals surface area contributed by atoms with Gasteiger partial charge >= 0.3 is 0 Å². The highest BCUT2D eigenvalue weighted by Gasteiger charge is 2.31. The third kappa shape index (κ3) is 2.04. The first-order valence-corrected chi connectivity index (χ1v) is 7.50. The molecule has 2 aromatic rings. The van der Waals surface area contributed by atoms with Gasteiger partial charge in [-0.05, 0) is 44.4 Å². The molecule has 0 amide bonds. The van der Waals surface area contributed by atoms with E-state index in [1.807, 2.05) is 12.3 Å². The fourth-order valence-electron chi connectivity index (χ4n) is 3.13. The van der Waals surface area contributed by atoms with Crippen molar-refractivity contribution in [1.82, 2.24) is 19.9 Å². The summed E-state index contributed by atoms with van der Waals surface area (Å²) in [7, 11) is 0. The standard InChI is InChI=1S/C15H20N4/c1-2-5-12(16-9-3-1)15-18-13-6-4-10-17-14(13)19(15)11-7-8-11/h4,6,10-12,16H,1-3,5,7-9H2. The van der Waals surface area contributed by atoms with E-state index in [1.54, 1.807) is 0 Å². The zero-order valence-corrected chi connectivity index (χ0v) is 11.2. The summed E-state index contributed by atoms with van der Waals surface area (Å²) in [6.45, 7) is 1.12. The van der Waals surface area contributed by atoms with Gasteiger partial charge in [-0.3, -0.25) is 0 Å². The summed E-state index contributed by atoms with van der Waals surface area (Å²) in [5, 5.41) is 3.67. The summed E-state index contributed by atoms with van der Waals surface area (Å²) < 4.78 is 2.40. The Labute approximate surface area is 113 Å². The number of imidazole rings is 1. The molecule has 1 N–H and O–H groups in total. The minimum absolute atomic E-state index is 0.414. The summed E-state index contributed by atoms with van der Waals surface area (Å²) in [4.78, 5) is 9.43. The van der Waals surface area contributed by atoms with Gasteiger partial charge in [-0.2, -0.15) is 0 Å². The van der Waals surface area contributed by atoms with Crippen LogP contribution in [0.1, 0.15) is 56.4 Å². The molecular formula is C15H20N4. The average molecular weight is 256 g/mol. The Hall–Kier alpha value is -1.42. The van der Waals surface area contributed by atoms with E-state index in [0.29, 0.717) is 12.1 Å². The molecule has 1 saturated carbocycles. The number of nitrogens with one attached hydrogen (secondary N) is 1. The third-order valence-electron chi connectivity index (χ3n) is 4.26. The molecule has 4 rings (SSSR count). The van der Waals surface area contributed by atoms with Crippen molar-refractivity contribution in [1.29, 1.82) is 0 Å². The van der Waals surface area contributed by atoms with E-state index < -0.39 is 0 Å². The Bertz CT molecular complexity index is 577. The van der Waals surface area contributed by atoms with Crippen LogP contribution in [-0.2, 0) is 0 Å². The molecule has 0 radical (unpaired) electrons. The molecule has 1 unspecified atom stereocenters. The lowest BCUT2D eigenvalue weighted by Crippen LogP contribution is -2.23. The molecule has 1 aliphatic heterocycles. The molecular weight excluding hydrogens is 236 g/mol. The van der Waals surface area contributed by atoms with Crippen LogP contribution in [0.15, 0.2) is 18.3 Å². The van der Waals surface area contributed by atoms with Gasteiger partial charge in [0.05, 0.1) is 6.04 Å². The molecule has 1 atom stereocenters. The van der Waals surface area contributed by atoms with Crippen molar-refractivity contribution in [3.8, 4) is 0 Å². The molecule has 3 heterocycles. The summed E-state index contributed by atoms with van der Waals surface area (Å²) in [6.07, 6.45) is 9.58. The fourth-order valence-corrected chi connectivity index (χ4v) is 3.13. The number of fused-ring (bicyclic) bond motifs is 1. The van der Waals surface area contributed by atoms with Crippen LogP contribution in [0.5, 0.6) is 0 Å². The molecule has 2 fully saturated rings. The van der Waals surface area contributed by atoms with Crippen LogP contribution in [0.25, 0.3) is 11.2 Å². The topological polar surface area (TPSA) is 42.7 Å². The molecule has 100 valence electrons. The van der Waals surface area contributed by atoms with Crippen molar-refractivity contribution in [2.24, 2.45) is 0 Å². The van der Waals surface area contributed by atoms with Crippen molar-refractivity contribution in [3.63, 3.8) is 0 Å². The molecule has 0 spiro atoms. The number of nitrogens with zero attached hydrogens (tertiary/aromatic N) is 3. The Balaban J connectivity index is 1.81. The number of hydrogen-bond donors (Lipinski definition) is 1. The van der Waals surface area contributed by atoms with Gasteiger partial charge in [-0.25, -0.2) is 9.97 Å². The van der Waals surface area contributed by atoms with Gasteiger partial charge in [0.25, 0.3) is 0 Å².